The molecule has 4 nitrogen and oxygen atoms in total. The fourth-order valence-electron chi connectivity index (χ4n) is 2.57. The lowest BCUT2D eigenvalue weighted by Gasteiger charge is -2.23. The Morgan fingerprint density at radius 3 is 2.71 bits per heavy atom. The molecule has 3 N–H and O–H groups in total. The molecular weight excluding hydrogens is 212 g/mol. The van der Waals surface area contributed by atoms with Crippen molar-refractivity contribution in [3.63, 3.8) is 0 Å². The molecule has 4 heteroatoms. The van der Waals surface area contributed by atoms with Crippen LogP contribution in [0.25, 0.3) is 0 Å². The number of anilines is 1. The maximum absolute atomic E-state index is 7.52. The summed E-state index contributed by atoms with van der Waals surface area (Å²) in [7, 11) is 0. The molecule has 0 saturated carbocycles. The highest BCUT2D eigenvalue weighted by Gasteiger charge is 2.27. The number of aromatic nitrogens is 1. The van der Waals surface area contributed by atoms with Crippen molar-refractivity contribution in [1.82, 2.24) is 4.98 Å². The number of hydrogen-bond donors (Lipinski definition) is 2. The summed E-state index contributed by atoms with van der Waals surface area (Å²) in [5.41, 5.74) is 7.23. The van der Waals surface area contributed by atoms with Crippen LogP contribution in [0.3, 0.4) is 0 Å². The molecule has 2 unspecified atom stereocenters. The van der Waals surface area contributed by atoms with E-state index in [-0.39, 0.29) is 5.84 Å². The Hall–Kier alpha value is -1.58. The number of nitrogens with one attached hydrogen (secondary N) is 1. The number of nitrogens with zero attached hydrogens (tertiary/aromatic N) is 2. The summed E-state index contributed by atoms with van der Waals surface area (Å²) >= 11 is 0. The van der Waals surface area contributed by atoms with E-state index in [4.69, 9.17) is 11.1 Å². The average molecular weight is 232 g/mol. The first kappa shape index (κ1) is 11.9. The summed E-state index contributed by atoms with van der Waals surface area (Å²) in [6, 6.07) is 4.29. The second-order valence-electron chi connectivity index (χ2n) is 5.11. The van der Waals surface area contributed by atoms with Crippen LogP contribution in [-0.4, -0.2) is 23.4 Å². The molecule has 2 rings (SSSR count). The minimum atomic E-state index is 0.108. The summed E-state index contributed by atoms with van der Waals surface area (Å²) < 4.78 is 0. The van der Waals surface area contributed by atoms with Crippen molar-refractivity contribution < 1.29 is 0 Å². The minimum absolute atomic E-state index is 0.108. The molecule has 1 aliphatic heterocycles. The Labute approximate surface area is 102 Å². The monoisotopic (exact) mass is 232 g/mol. The van der Waals surface area contributed by atoms with Crippen LogP contribution in [0.4, 0.5) is 5.82 Å². The maximum Gasteiger partial charge on any atom is 0.129 e. The van der Waals surface area contributed by atoms with Crippen LogP contribution in [0.2, 0.25) is 0 Å². The summed E-state index contributed by atoms with van der Waals surface area (Å²) in [5.74, 6) is 1.76. The van der Waals surface area contributed by atoms with Gasteiger partial charge < -0.3 is 10.6 Å². The normalized spacial score (nSPS) is 24.1. The molecule has 0 spiro atoms. The summed E-state index contributed by atoms with van der Waals surface area (Å²) in [6.45, 7) is 7.47. The molecule has 0 radical (unpaired) electrons. The number of pyridine rings is 1. The number of nitrogen functional groups attached to an aromatic ring is 1. The lowest BCUT2D eigenvalue weighted by Crippen LogP contribution is -2.28. The molecular formula is C13H20N4. The zero-order valence-corrected chi connectivity index (χ0v) is 10.7. The summed E-state index contributed by atoms with van der Waals surface area (Å²) in [5, 5.41) is 7.52. The fraction of sp³-hybridized carbons (Fsp3) is 0.538. The molecule has 1 aromatic heterocycles. The molecule has 0 bridgehead atoms. The van der Waals surface area contributed by atoms with E-state index in [0.717, 1.165) is 23.6 Å². The number of aryl methyl sites for hydroxylation is 1. The van der Waals surface area contributed by atoms with Crippen LogP contribution in [0.1, 0.15) is 31.5 Å². The third-order valence-corrected chi connectivity index (χ3v) is 3.33. The van der Waals surface area contributed by atoms with Crippen LogP contribution < -0.4 is 10.6 Å². The molecule has 1 aromatic rings. The Bertz CT molecular complexity index is 441. The molecule has 1 aliphatic rings. The van der Waals surface area contributed by atoms with Gasteiger partial charge in [0.1, 0.15) is 11.7 Å². The first-order valence-electron chi connectivity index (χ1n) is 6.07. The van der Waals surface area contributed by atoms with Gasteiger partial charge in [0.15, 0.2) is 0 Å². The van der Waals surface area contributed by atoms with Gasteiger partial charge >= 0.3 is 0 Å². The van der Waals surface area contributed by atoms with Crippen LogP contribution >= 0.6 is 0 Å². The molecule has 0 aliphatic carbocycles. The highest BCUT2D eigenvalue weighted by molar-refractivity contribution is 5.95. The highest BCUT2D eigenvalue weighted by Crippen LogP contribution is 2.28. The molecule has 17 heavy (non-hydrogen) atoms. The van der Waals surface area contributed by atoms with E-state index in [9.17, 15) is 0 Å². The number of nitrogens with two attached hydrogens (primary N) is 1. The van der Waals surface area contributed by atoms with Crippen LogP contribution in [0.15, 0.2) is 12.1 Å². The van der Waals surface area contributed by atoms with Crippen molar-refractivity contribution >= 4 is 11.7 Å². The van der Waals surface area contributed by atoms with Gasteiger partial charge in [0.05, 0.1) is 0 Å². The molecule has 0 amide bonds. The van der Waals surface area contributed by atoms with E-state index >= 15 is 0 Å². The summed E-state index contributed by atoms with van der Waals surface area (Å²) in [4.78, 5) is 6.87. The molecule has 1 fully saturated rings. The van der Waals surface area contributed by atoms with Gasteiger partial charge in [-0.3, -0.25) is 5.41 Å². The van der Waals surface area contributed by atoms with Gasteiger partial charge in [0.25, 0.3) is 0 Å². The fourth-order valence-corrected chi connectivity index (χ4v) is 2.57. The van der Waals surface area contributed by atoms with Gasteiger partial charge in [-0.05, 0) is 38.3 Å². The van der Waals surface area contributed by atoms with Crippen LogP contribution in [-0.2, 0) is 0 Å². The first-order chi connectivity index (χ1) is 7.97. The first-order valence-corrected chi connectivity index (χ1v) is 6.07. The third-order valence-electron chi connectivity index (χ3n) is 3.33. The van der Waals surface area contributed by atoms with Gasteiger partial charge in [-0.15, -0.1) is 0 Å². The SMILES string of the molecule is Cc1cc(C(=N)N)cc(N2CC(C)CC2C)n1. The maximum atomic E-state index is 7.52. The molecule has 92 valence electrons. The lowest BCUT2D eigenvalue weighted by molar-refractivity contribution is 0.625. The average Bonchev–Trinajstić information content (AvgIpc) is 2.57. The van der Waals surface area contributed by atoms with Gasteiger partial charge in [-0.2, -0.15) is 0 Å². The van der Waals surface area contributed by atoms with Gasteiger partial charge in [-0.1, -0.05) is 6.92 Å². The Kier molecular flexibility index (Phi) is 3.05. The Morgan fingerprint density at radius 2 is 2.18 bits per heavy atom. The van der Waals surface area contributed by atoms with Crippen LogP contribution in [0.5, 0.6) is 0 Å². The quantitative estimate of drug-likeness (QED) is 0.604. The van der Waals surface area contributed by atoms with Crippen molar-refractivity contribution in [2.75, 3.05) is 11.4 Å². The van der Waals surface area contributed by atoms with E-state index in [1.807, 2.05) is 19.1 Å². The van der Waals surface area contributed by atoms with Crippen molar-refractivity contribution in [3.05, 3.63) is 23.4 Å². The molecule has 1 saturated heterocycles. The van der Waals surface area contributed by atoms with Gasteiger partial charge in [0, 0.05) is 23.8 Å². The third kappa shape index (κ3) is 2.40. The predicted octanol–water partition coefficient (Wildman–Crippen LogP) is 1.91. The smallest absolute Gasteiger partial charge is 0.129 e. The zero-order valence-electron chi connectivity index (χ0n) is 10.7. The Balaban J connectivity index is 2.35. The highest BCUT2D eigenvalue weighted by atomic mass is 15.2. The number of amidine groups is 1. The van der Waals surface area contributed by atoms with E-state index in [0.29, 0.717) is 12.0 Å². The van der Waals surface area contributed by atoms with E-state index in [1.54, 1.807) is 0 Å². The van der Waals surface area contributed by atoms with Crippen molar-refractivity contribution in [2.24, 2.45) is 11.7 Å². The number of hydrogen-bond acceptors (Lipinski definition) is 3. The standard InChI is InChI=1S/C13H20N4/c1-8-4-10(3)17(7-8)12-6-11(13(14)15)5-9(2)16-12/h5-6,8,10H,4,7H2,1-3H3,(H3,14,15). The molecule has 2 atom stereocenters. The second kappa shape index (κ2) is 4.35. The van der Waals surface area contributed by atoms with Crippen molar-refractivity contribution in [1.29, 1.82) is 5.41 Å². The molecule has 0 aromatic carbocycles. The van der Waals surface area contributed by atoms with E-state index in [2.05, 4.69) is 23.7 Å². The van der Waals surface area contributed by atoms with E-state index < -0.39 is 0 Å². The Morgan fingerprint density at radius 1 is 1.47 bits per heavy atom. The van der Waals surface area contributed by atoms with E-state index in [1.165, 1.54) is 6.42 Å². The minimum Gasteiger partial charge on any atom is -0.384 e. The van der Waals surface area contributed by atoms with Crippen LogP contribution in [0, 0.1) is 18.3 Å². The van der Waals surface area contributed by atoms with Gasteiger partial charge in [0.2, 0.25) is 0 Å². The number of rotatable bonds is 2. The molecule has 2 heterocycles. The van der Waals surface area contributed by atoms with Gasteiger partial charge in [-0.25, -0.2) is 4.98 Å². The lowest BCUT2D eigenvalue weighted by atomic mass is 10.1. The zero-order chi connectivity index (χ0) is 12.6. The summed E-state index contributed by atoms with van der Waals surface area (Å²) in [6.07, 6.45) is 1.20. The van der Waals surface area contributed by atoms with Crippen molar-refractivity contribution in [3.8, 4) is 0 Å². The van der Waals surface area contributed by atoms with Crippen molar-refractivity contribution in [2.45, 2.75) is 33.2 Å². The second-order valence-corrected chi connectivity index (χ2v) is 5.11. The topological polar surface area (TPSA) is 66.0 Å². The predicted molar refractivity (Wildman–Crippen MR) is 70.6 cm³/mol. The largest absolute Gasteiger partial charge is 0.384 e.